The molecule has 3 rings (SSSR count). The number of anilines is 1. The number of carbonyl (C=O) groups is 2. The van der Waals surface area contributed by atoms with Crippen LogP contribution in [-0.4, -0.2) is 44.3 Å². The smallest absolute Gasteiger partial charge is 0.264 e. The zero-order chi connectivity index (χ0) is 28.7. The van der Waals surface area contributed by atoms with E-state index in [0.717, 1.165) is 15.4 Å². The number of hydrogen-bond donors (Lipinski definition) is 1. The molecule has 0 spiro atoms. The Morgan fingerprint density at radius 3 is 2.10 bits per heavy atom. The number of hydrogen-bond acceptors (Lipinski definition) is 4. The molecular formula is C29H33Cl2N3O4S. The molecule has 3 aromatic rings. The van der Waals surface area contributed by atoms with Crippen molar-refractivity contribution in [3.8, 4) is 0 Å². The zero-order valence-electron chi connectivity index (χ0n) is 22.4. The predicted molar refractivity (Wildman–Crippen MR) is 157 cm³/mol. The van der Waals surface area contributed by atoms with Crippen molar-refractivity contribution in [2.45, 2.75) is 51.6 Å². The van der Waals surface area contributed by atoms with Crippen LogP contribution in [0.15, 0.2) is 71.6 Å². The van der Waals surface area contributed by atoms with E-state index in [1.807, 2.05) is 13.8 Å². The van der Waals surface area contributed by atoms with Gasteiger partial charge >= 0.3 is 0 Å². The van der Waals surface area contributed by atoms with Crippen molar-refractivity contribution >= 4 is 50.7 Å². The van der Waals surface area contributed by atoms with E-state index in [1.54, 1.807) is 62.4 Å². The summed E-state index contributed by atoms with van der Waals surface area (Å²) in [5.74, 6) is -0.840. The van der Waals surface area contributed by atoms with Gasteiger partial charge in [0.15, 0.2) is 0 Å². The molecule has 3 aromatic carbocycles. The SMILES string of the molecule is CCNC(=O)C(CC)N(Cc1ccc(Cl)cc1)C(=O)CN(c1cc(Cl)ccc1C)S(=O)(=O)c1ccc(C)cc1. The van der Waals surface area contributed by atoms with Crippen LogP contribution >= 0.6 is 23.2 Å². The van der Waals surface area contributed by atoms with E-state index in [0.29, 0.717) is 28.6 Å². The molecule has 10 heteroatoms. The van der Waals surface area contributed by atoms with Gasteiger partial charge in [0.1, 0.15) is 12.6 Å². The maximum absolute atomic E-state index is 14.0. The number of likely N-dealkylation sites (N-methyl/N-ethyl adjacent to an activating group) is 1. The van der Waals surface area contributed by atoms with E-state index in [2.05, 4.69) is 5.32 Å². The number of amides is 2. The van der Waals surface area contributed by atoms with Crippen LogP contribution in [-0.2, 0) is 26.2 Å². The van der Waals surface area contributed by atoms with Gasteiger partial charge in [-0.05, 0) is 74.7 Å². The molecule has 0 saturated heterocycles. The second-order valence-corrected chi connectivity index (χ2v) is 12.0. The fraction of sp³-hybridized carbons (Fsp3) is 0.310. The number of nitrogens with one attached hydrogen (secondary N) is 1. The standard InChI is InChI=1S/C29H33Cl2N3O4S/c1-5-26(29(36)32-6-2)33(18-22-10-13-23(30)14-11-22)28(35)19-34(27-17-24(31)12-9-21(27)4)39(37,38)25-15-7-20(3)8-16-25/h7-17,26H,5-6,18-19H2,1-4H3,(H,32,36). The van der Waals surface area contributed by atoms with E-state index < -0.39 is 28.5 Å². The van der Waals surface area contributed by atoms with Crippen molar-refractivity contribution in [3.05, 3.63) is 93.5 Å². The van der Waals surface area contributed by atoms with Crippen molar-refractivity contribution in [3.63, 3.8) is 0 Å². The topological polar surface area (TPSA) is 86.8 Å². The van der Waals surface area contributed by atoms with Gasteiger partial charge in [0.05, 0.1) is 10.6 Å². The van der Waals surface area contributed by atoms with Gasteiger partial charge in [0, 0.05) is 23.1 Å². The number of rotatable bonds is 11. The minimum absolute atomic E-state index is 0.0419. The molecule has 7 nitrogen and oxygen atoms in total. The summed E-state index contributed by atoms with van der Waals surface area (Å²) >= 11 is 12.3. The molecule has 0 bridgehead atoms. The Balaban J connectivity index is 2.10. The minimum atomic E-state index is -4.17. The lowest BCUT2D eigenvalue weighted by molar-refractivity contribution is -0.140. The molecule has 1 atom stereocenters. The number of carbonyl (C=O) groups excluding carboxylic acids is 2. The molecule has 0 aliphatic carbocycles. The fourth-order valence-corrected chi connectivity index (χ4v) is 5.96. The summed E-state index contributed by atoms with van der Waals surface area (Å²) in [4.78, 5) is 28.5. The molecule has 0 saturated carbocycles. The predicted octanol–water partition coefficient (Wildman–Crippen LogP) is 5.75. The van der Waals surface area contributed by atoms with Crippen molar-refractivity contribution in [1.29, 1.82) is 0 Å². The first-order valence-electron chi connectivity index (χ1n) is 12.6. The first kappa shape index (κ1) is 30.5. The van der Waals surface area contributed by atoms with E-state index in [4.69, 9.17) is 23.2 Å². The van der Waals surface area contributed by atoms with Crippen LogP contribution in [0.4, 0.5) is 5.69 Å². The first-order valence-corrected chi connectivity index (χ1v) is 14.8. The summed E-state index contributed by atoms with van der Waals surface area (Å²) in [6.45, 7) is 7.19. The zero-order valence-corrected chi connectivity index (χ0v) is 24.8. The van der Waals surface area contributed by atoms with Crippen molar-refractivity contribution in [2.24, 2.45) is 0 Å². The Hall–Kier alpha value is -3.07. The van der Waals surface area contributed by atoms with Crippen LogP contribution in [0.1, 0.15) is 37.0 Å². The Labute approximate surface area is 240 Å². The highest BCUT2D eigenvalue weighted by atomic mass is 35.5. The number of sulfonamides is 1. The van der Waals surface area contributed by atoms with E-state index in [-0.39, 0.29) is 23.0 Å². The van der Waals surface area contributed by atoms with Gasteiger partial charge in [-0.1, -0.05) is 66.0 Å². The highest BCUT2D eigenvalue weighted by Crippen LogP contribution is 2.30. The summed E-state index contributed by atoms with van der Waals surface area (Å²) in [5, 5.41) is 3.66. The third-order valence-electron chi connectivity index (χ3n) is 6.33. The molecule has 1 N–H and O–H groups in total. The van der Waals surface area contributed by atoms with Gasteiger partial charge in [-0.2, -0.15) is 0 Å². The minimum Gasteiger partial charge on any atom is -0.355 e. The van der Waals surface area contributed by atoms with E-state index >= 15 is 0 Å². The molecule has 0 aromatic heterocycles. The van der Waals surface area contributed by atoms with Gasteiger partial charge in [-0.15, -0.1) is 0 Å². The number of halogens is 2. The molecule has 0 aliphatic heterocycles. The lowest BCUT2D eigenvalue weighted by atomic mass is 10.1. The van der Waals surface area contributed by atoms with Crippen molar-refractivity contribution < 1.29 is 18.0 Å². The average Bonchev–Trinajstić information content (AvgIpc) is 2.90. The van der Waals surface area contributed by atoms with Crippen LogP contribution in [0.3, 0.4) is 0 Å². The number of aryl methyl sites for hydroxylation is 2. The second kappa shape index (κ2) is 13.3. The first-order chi connectivity index (χ1) is 18.5. The normalized spacial score (nSPS) is 12.1. The lowest BCUT2D eigenvalue weighted by Crippen LogP contribution is -2.52. The van der Waals surface area contributed by atoms with Crippen LogP contribution < -0.4 is 9.62 Å². The molecule has 1 unspecified atom stereocenters. The summed E-state index contributed by atoms with van der Waals surface area (Å²) in [6, 6.07) is 17.5. The van der Waals surface area contributed by atoms with Crippen molar-refractivity contribution in [1.82, 2.24) is 10.2 Å². The van der Waals surface area contributed by atoms with Gasteiger partial charge in [0.2, 0.25) is 11.8 Å². The van der Waals surface area contributed by atoms with Crippen LogP contribution in [0, 0.1) is 13.8 Å². The van der Waals surface area contributed by atoms with Gasteiger partial charge < -0.3 is 10.2 Å². The number of nitrogens with zero attached hydrogens (tertiary/aromatic N) is 2. The van der Waals surface area contributed by atoms with E-state index in [1.165, 1.54) is 23.1 Å². The maximum atomic E-state index is 14.0. The van der Waals surface area contributed by atoms with Crippen molar-refractivity contribution in [2.75, 3.05) is 17.4 Å². The summed E-state index contributed by atoms with van der Waals surface area (Å²) < 4.78 is 29.0. The summed E-state index contributed by atoms with van der Waals surface area (Å²) in [7, 11) is -4.17. The van der Waals surface area contributed by atoms with Gasteiger partial charge in [-0.3, -0.25) is 13.9 Å². The molecule has 0 heterocycles. The molecule has 0 radical (unpaired) electrons. The molecule has 2 amide bonds. The number of benzene rings is 3. The molecule has 0 aliphatic rings. The third kappa shape index (κ3) is 7.53. The van der Waals surface area contributed by atoms with Crippen LogP contribution in [0.25, 0.3) is 0 Å². The highest BCUT2D eigenvalue weighted by molar-refractivity contribution is 7.92. The average molecular weight is 591 g/mol. The van der Waals surface area contributed by atoms with Crippen LogP contribution in [0.2, 0.25) is 10.0 Å². The molecule has 0 fully saturated rings. The summed E-state index contributed by atoms with van der Waals surface area (Å²) in [5.41, 5.74) is 2.57. The van der Waals surface area contributed by atoms with Crippen LogP contribution in [0.5, 0.6) is 0 Å². The quantitative estimate of drug-likeness (QED) is 0.308. The summed E-state index contributed by atoms with van der Waals surface area (Å²) in [6.07, 6.45) is 0.339. The Morgan fingerprint density at radius 1 is 0.897 bits per heavy atom. The second-order valence-electron chi connectivity index (χ2n) is 9.22. The molecular weight excluding hydrogens is 557 g/mol. The van der Waals surface area contributed by atoms with E-state index in [9.17, 15) is 18.0 Å². The monoisotopic (exact) mass is 589 g/mol. The maximum Gasteiger partial charge on any atom is 0.264 e. The lowest BCUT2D eigenvalue weighted by Gasteiger charge is -2.33. The Bertz CT molecular complexity index is 1410. The van der Waals surface area contributed by atoms with Gasteiger partial charge in [0.25, 0.3) is 10.0 Å². The Kier molecular flexibility index (Phi) is 10.4. The third-order valence-corrected chi connectivity index (χ3v) is 8.59. The Morgan fingerprint density at radius 2 is 1.51 bits per heavy atom. The molecule has 208 valence electrons. The van der Waals surface area contributed by atoms with Gasteiger partial charge in [-0.25, -0.2) is 8.42 Å². The fourth-order valence-electron chi connectivity index (χ4n) is 4.20. The largest absolute Gasteiger partial charge is 0.355 e. The highest BCUT2D eigenvalue weighted by Gasteiger charge is 2.34. The molecule has 39 heavy (non-hydrogen) atoms.